The van der Waals surface area contributed by atoms with Crippen LogP contribution < -0.4 is 20.1 Å². The molecule has 3 rings (SSSR count). The van der Waals surface area contributed by atoms with Crippen LogP contribution in [0.25, 0.3) is 0 Å². The monoisotopic (exact) mass is 398 g/mol. The number of benzene rings is 2. The lowest BCUT2D eigenvalue weighted by Crippen LogP contribution is -2.40. The Balaban J connectivity index is 1.40. The third-order valence-corrected chi connectivity index (χ3v) is 4.44. The second kappa shape index (κ2) is 9.09. The van der Waals surface area contributed by atoms with E-state index in [1.165, 1.54) is 0 Å². The van der Waals surface area contributed by atoms with Crippen LogP contribution in [0.3, 0.4) is 0 Å². The summed E-state index contributed by atoms with van der Waals surface area (Å²) in [5.74, 6) is -0.697. The van der Waals surface area contributed by atoms with Gasteiger partial charge in [0.05, 0.1) is 6.54 Å². The molecule has 0 saturated carbocycles. The molecular weight excluding hydrogens is 376 g/mol. The summed E-state index contributed by atoms with van der Waals surface area (Å²) < 4.78 is 15.9. The molecule has 29 heavy (non-hydrogen) atoms. The molecule has 0 spiro atoms. The van der Waals surface area contributed by atoms with Crippen molar-refractivity contribution in [3.8, 4) is 11.5 Å². The molecule has 1 aliphatic heterocycles. The fraction of sp³-hybridized carbons (Fsp3) is 0.286. The van der Waals surface area contributed by atoms with Gasteiger partial charge in [0.2, 0.25) is 12.0 Å². The minimum atomic E-state index is -0.953. The molecule has 8 nitrogen and oxygen atoms in total. The van der Waals surface area contributed by atoms with Gasteiger partial charge in [0.1, 0.15) is 6.61 Å². The van der Waals surface area contributed by atoms with Crippen LogP contribution in [-0.2, 0) is 19.1 Å². The van der Waals surface area contributed by atoms with Gasteiger partial charge < -0.3 is 24.8 Å². The molecule has 8 heteroatoms. The van der Waals surface area contributed by atoms with E-state index in [9.17, 15) is 14.4 Å². The second-order valence-electron chi connectivity index (χ2n) is 6.54. The van der Waals surface area contributed by atoms with E-state index in [0.29, 0.717) is 17.2 Å². The van der Waals surface area contributed by atoms with Crippen LogP contribution in [0.4, 0.5) is 5.69 Å². The van der Waals surface area contributed by atoms with Crippen LogP contribution in [0.2, 0.25) is 0 Å². The Morgan fingerprint density at radius 1 is 1.03 bits per heavy atom. The average Bonchev–Trinajstić information content (AvgIpc) is 2.73. The van der Waals surface area contributed by atoms with Crippen LogP contribution in [0.15, 0.2) is 42.5 Å². The number of fused-ring (bicyclic) bond motifs is 1. The number of hydrogen-bond acceptors (Lipinski definition) is 6. The number of aryl methyl sites for hydroxylation is 1. The number of ether oxygens (including phenoxy) is 3. The molecule has 2 N–H and O–H groups in total. The van der Waals surface area contributed by atoms with Crippen molar-refractivity contribution in [3.05, 3.63) is 53.6 Å². The molecule has 152 valence electrons. The zero-order valence-corrected chi connectivity index (χ0v) is 16.2. The molecular formula is C21H22N2O6. The Morgan fingerprint density at radius 2 is 1.79 bits per heavy atom. The highest BCUT2D eigenvalue weighted by Gasteiger charge is 2.29. The Labute approximate surface area is 168 Å². The van der Waals surface area contributed by atoms with E-state index >= 15 is 0 Å². The Hall–Kier alpha value is -3.55. The maximum Gasteiger partial charge on any atom is 0.351 e. The summed E-state index contributed by atoms with van der Waals surface area (Å²) in [5, 5.41) is 5.14. The van der Waals surface area contributed by atoms with Crippen molar-refractivity contribution in [2.75, 3.05) is 25.1 Å². The minimum Gasteiger partial charge on any atom is -0.485 e. The molecule has 0 radical (unpaired) electrons. The van der Waals surface area contributed by atoms with Gasteiger partial charge in [-0.15, -0.1) is 0 Å². The molecule has 0 aromatic heterocycles. The third-order valence-electron chi connectivity index (χ3n) is 4.44. The maximum absolute atomic E-state index is 12.1. The SMILES string of the molecule is Cc1cccc(NC(=O)CNC(=O)COC(=O)[C@@H]2COc3ccccc3O2)c1C. The normalized spacial score (nSPS) is 14.6. The summed E-state index contributed by atoms with van der Waals surface area (Å²) in [7, 11) is 0. The molecule has 0 unspecified atom stereocenters. The van der Waals surface area contributed by atoms with Crippen molar-refractivity contribution >= 4 is 23.5 Å². The summed E-state index contributed by atoms with van der Waals surface area (Å²) in [5.41, 5.74) is 2.69. The van der Waals surface area contributed by atoms with E-state index in [-0.39, 0.29) is 19.1 Å². The molecule has 0 fully saturated rings. The molecule has 0 saturated heterocycles. The van der Waals surface area contributed by atoms with E-state index in [1.807, 2.05) is 26.0 Å². The first-order valence-corrected chi connectivity index (χ1v) is 9.12. The lowest BCUT2D eigenvalue weighted by Gasteiger charge is -2.24. The predicted octanol–water partition coefficient (Wildman–Crippen LogP) is 1.74. The number of carbonyl (C=O) groups is 3. The lowest BCUT2D eigenvalue weighted by molar-refractivity contribution is -0.157. The molecule has 2 aromatic carbocycles. The van der Waals surface area contributed by atoms with Crippen molar-refractivity contribution in [3.63, 3.8) is 0 Å². The largest absolute Gasteiger partial charge is 0.485 e. The molecule has 1 aliphatic rings. The summed E-state index contributed by atoms with van der Waals surface area (Å²) in [6.45, 7) is 3.09. The fourth-order valence-electron chi connectivity index (χ4n) is 2.68. The first-order chi connectivity index (χ1) is 13.9. The summed E-state index contributed by atoms with van der Waals surface area (Å²) in [6.07, 6.45) is -0.953. The summed E-state index contributed by atoms with van der Waals surface area (Å²) in [6, 6.07) is 12.5. The Kier molecular flexibility index (Phi) is 6.33. The van der Waals surface area contributed by atoms with Crippen LogP contribution in [0.5, 0.6) is 11.5 Å². The highest BCUT2D eigenvalue weighted by atomic mass is 16.6. The summed E-state index contributed by atoms with van der Waals surface area (Å²) in [4.78, 5) is 36.0. The molecule has 0 bridgehead atoms. The highest BCUT2D eigenvalue weighted by Crippen LogP contribution is 2.31. The van der Waals surface area contributed by atoms with Gasteiger partial charge in [-0.3, -0.25) is 9.59 Å². The van der Waals surface area contributed by atoms with E-state index in [2.05, 4.69) is 10.6 Å². The maximum atomic E-state index is 12.1. The topological polar surface area (TPSA) is 103 Å². The van der Waals surface area contributed by atoms with Crippen molar-refractivity contribution in [1.29, 1.82) is 0 Å². The van der Waals surface area contributed by atoms with E-state index < -0.39 is 24.6 Å². The van der Waals surface area contributed by atoms with Gasteiger partial charge in [0.15, 0.2) is 18.1 Å². The van der Waals surface area contributed by atoms with Crippen molar-refractivity contribution < 1.29 is 28.6 Å². The predicted molar refractivity (Wildman–Crippen MR) is 105 cm³/mol. The number of amides is 2. The van der Waals surface area contributed by atoms with Gasteiger partial charge in [-0.05, 0) is 43.2 Å². The van der Waals surface area contributed by atoms with Gasteiger partial charge in [0, 0.05) is 5.69 Å². The first kappa shape index (κ1) is 20.2. The number of carbonyl (C=O) groups excluding carboxylic acids is 3. The molecule has 2 aromatic rings. The van der Waals surface area contributed by atoms with Crippen LogP contribution in [0.1, 0.15) is 11.1 Å². The zero-order valence-electron chi connectivity index (χ0n) is 16.2. The highest BCUT2D eigenvalue weighted by molar-refractivity contribution is 5.95. The Morgan fingerprint density at radius 3 is 2.59 bits per heavy atom. The van der Waals surface area contributed by atoms with Crippen molar-refractivity contribution in [1.82, 2.24) is 5.32 Å². The van der Waals surface area contributed by atoms with E-state index in [0.717, 1.165) is 11.1 Å². The van der Waals surface area contributed by atoms with Gasteiger partial charge >= 0.3 is 5.97 Å². The number of esters is 1. The number of nitrogens with one attached hydrogen (secondary N) is 2. The number of hydrogen-bond donors (Lipinski definition) is 2. The molecule has 2 amide bonds. The first-order valence-electron chi connectivity index (χ1n) is 9.12. The smallest absolute Gasteiger partial charge is 0.351 e. The minimum absolute atomic E-state index is 0.00425. The van der Waals surface area contributed by atoms with Gasteiger partial charge in [-0.25, -0.2) is 4.79 Å². The number of anilines is 1. The fourth-order valence-corrected chi connectivity index (χ4v) is 2.68. The number of rotatable bonds is 6. The van der Waals surface area contributed by atoms with Gasteiger partial charge in [-0.2, -0.15) is 0 Å². The zero-order chi connectivity index (χ0) is 20.8. The average molecular weight is 398 g/mol. The van der Waals surface area contributed by atoms with Crippen LogP contribution in [-0.4, -0.2) is 43.6 Å². The second-order valence-corrected chi connectivity index (χ2v) is 6.54. The summed E-state index contributed by atoms with van der Waals surface area (Å²) >= 11 is 0. The molecule has 1 heterocycles. The van der Waals surface area contributed by atoms with Crippen molar-refractivity contribution in [2.24, 2.45) is 0 Å². The van der Waals surface area contributed by atoms with Gasteiger partial charge in [0.25, 0.3) is 5.91 Å². The third kappa shape index (κ3) is 5.25. The molecule has 1 atom stereocenters. The van der Waals surface area contributed by atoms with Crippen molar-refractivity contribution in [2.45, 2.75) is 20.0 Å². The van der Waals surface area contributed by atoms with E-state index in [1.54, 1.807) is 30.3 Å². The van der Waals surface area contributed by atoms with Crippen LogP contribution in [0, 0.1) is 13.8 Å². The van der Waals surface area contributed by atoms with E-state index in [4.69, 9.17) is 14.2 Å². The Bertz CT molecular complexity index is 927. The quantitative estimate of drug-likeness (QED) is 0.719. The van der Waals surface area contributed by atoms with Crippen LogP contribution >= 0.6 is 0 Å². The lowest BCUT2D eigenvalue weighted by atomic mass is 10.1. The standard InChI is InChI=1S/C21H22N2O6/c1-13-6-5-7-15(14(13)2)23-19(24)10-22-20(25)12-28-21(26)18-11-27-16-8-3-4-9-17(16)29-18/h3-9,18H,10-12H2,1-2H3,(H,22,25)(H,23,24)/t18-/m0/s1. The number of para-hydroxylation sites is 2. The van der Waals surface area contributed by atoms with Gasteiger partial charge in [-0.1, -0.05) is 24.3 Å². The molecule has 0 aliphatic carbocycles.